The van der Waals surface area contributed by atoms with E-state index in [9.17, 15) is 4.79 Å². The Labute approximate surface area is 108 Å². The first-order valence-corrected chi connectivity index (χ1v) is 6.40. The molecular weight excluding hydrogens is 230 g/mol. The van der Waals surface area contributed by atoms with Gasteiger partial charge in [0.15, 0.2) is 0 Å². The monoisotopic (exact) mass is 251 g/mol. The highest BCUT2D eigenvalue weighted by Crippen LogP contribution is 2.12. The van der Waals surface area contributed by atoms with Gasteiger partial charge in [0.1, 0.15) is 5.75 Å². The van der Waals surface area contributed by atoms with Gasteiger partial charge in [0.2, 0.25) is 0 Å². The summed E-state index contributed by atoms with van der Waals surface area (Å²) < 4.78 is 5.51. The van der Waals surface area contributed by atoms with Crippen molar-refractivity contribution in [3.05, 3.63) is 29.8 Å². The average Bonchev–Trinajstić information content (AvgIpc) is 2.40. The number of carbonyl (C=O) groups is 1. The first-order chi connectivity index (χ1) is 8.77. The lowest BCUT2D eigenvalue weighted by molar-refractivity contribution is 0.0951. The second-order valence-electron chi connectivity index (χ2n) is 4.06. The van der Waals surface area contributed by atoms with Crippen molar-refractivity contribution in [3.63, 3.8) is 0 Å². The minimum absolute atomic E-state index is 0.0878. The highest BCUT2D eigenvalue weighted by Gasteiger charge is 2.04. The van der Waals surface area contributed by atoms with Gasteiger partial charge >= 0.3 is 0 Å². The number of unbranched alkanes of at least 4 members (excludes halogenated alkanes) is 1. The van der Waals surface area contributed by atoms with Crippen LogP contribution in [0.5, 0.6) is 5.75 Å². The van der Waals surface area contributed by atoms with E-state index in [-0.39, 0.29) is 12.5 Å². The smallest absolute Gasteiger partial charge is 0.251 e. The number of rotatable bonds is 8. The molecule has 4 heteroatoms. The molecule has 0 atom stereocenters. The number of ether oxygens (including phenoxy) is 1. The third-order valence-electron chi connectivity index (χ3n) is 2.50. The molecule has 0 bridgehead atoms. The molecule has 0 spiro atoms. The van der Waals surface area contributed by atoms with Crippen LogP contribution < -0.4 is 10.1 Å². The van der Waals surface area contributed by atoms with Gasteiger partial charge in [0.05, 0.1) is 6.61 Å². The SMILES string of the molecule is CCCCOc1ccc(C(=O)NCCCO)cc1. The molecule has 100 valence electrons. The maximum Gasteiger partial charge on any atom is 0.251 e. The molecule has 1 amide bonds. The molecule has 1 aromatic carbocycles. The number of nitrogens with one attached hydrogen (secondary N) is 1. The number of hydrogen-bond acceptors (Lipinski definition) is 3. The van der Waals surface area contributed by atoms with Crippen molar-refractivity contribution in [2.45, 2.75) is 26.2 Å². The summed E-state index contributed by atoms with van der Waals surface area (Å²) in [5.41, 5.74) is 0.607. The van der Waals surface area contributed by atoms with Gasteiger partial charge in [-0.05, 0) is 37.1 Å². The summed E-state index contributed by atoms with van der Waals surface area (Å²) in [7, 11) is 0. The number of aliphatic hydroxyl groups is 1. The molecule has 0 aromatic heterocycles. The topological polar surface area (TPSA) is 58.6 Å². The van der Waals surface area contributed by atoms with Crippen LogP contribution in [0.25, 0.3) is 0 Å². The van der Waals surface area contributed by atoms with Crippen molar-refractivity contribution in [2.75, 3.05) is 19.8 Å². The molecule has 0 saturated heterocycles. The summed E-state index contributed by atoms with van der Waals surface area (Å²) in [4.78, 5) is 11.7. The number of benzene rings is 1. The van der Waals surface area contributed by atoms with E-state index in [1.54, 1.807) is 24.3 Å². The molecule has 2 N–H and O–H groups in total. The number of amides is 1. The lowest BCUT2D eigenvalue weighted by atomic mass is 10.2. The molecule has 0 unspecified atom stereocenters. The molecule has 0 radical (unpaired) electrons. The minimum Gasteiger partial charge on any atom is -0.494 e. The predicted octanol–water partition coefficient (Wildman–Crippen LogP) is 1.98. The standard InChI is InChI=1S/C14H21NO3/c1-2-3-11-18-13-7-5-12(6-8-13)14(17)15-9-4-10-16/h5-8,16H,2-4,9-11H2,1H3,(H,15,17). The zero-order valence-corrected chi connectivity index (χ0v) is 10.8. The van der Waals surface area contributed by atoms with Gasteiger partial charge < -0.3 is 15.2 Å². The average molecular weight is 251 g/mol. The molecule has 4 nitrogen and oxygen atoms in total. The van der Waals surface area contributed by atoms with Crippen LogP contribution >= 0.6 is 0 Å². The Morgan fingerprint density at radius 3 is 2.61 bits per heavy atom. The quantitative estimate of drug-likeness (QED) is 0.695. The fourth-order valence-electron chi connectivity index (χ4n) is 1.42. The molecule has 0 aliphatic rings. The Morgan fingerprint density at radius 2 is 2.00 bits per heavy atom. The number of carbonyl (C=O) groups excluding carboxylic acids is 1. The van der Waals surface area contributed by atoms with E-state index < -0.39 is 0 Å². The zero-order chi connectivity index (χ0) is 13.2. The third-order valence-corrected chi connectivity index (χ3v) is 2.50. The van der Waals surface area contributed by atoms with Gasteiger partial charge in [-0.15, -0.1) is 0 Å². The van der Waals surface area contributed by atoms with Gasteiger partial charge in [0, 0.05) is 18.7 Å². The maximum absolute atomic E-state index is 11.7. The summed E-state index contributed by atoms with van der Waals surface area (Å²) >= 11 is 0. The Morgan fingerprint density at radius 1 is 1.28 bits per heavy atom. The van der Waals surface area contributed by atoms with Crippen molar-refractivity contribution in [1.29, 1.82) is 0 Å². The van der Waals surface area contributed by atoms with Crippen LogP contribution in [0, 0.1) is 0 Å². The highest BCUT2D eigenvalue weighted by molar-refractivity contribution is 5.94. The molecule has 0 aliphatic heterocycles. The van der Waals surface area contributed by atoms with Crippen LogP contribution in [0.3, 0.4) is 0 Å². The van der Waals surface area contributed by atoms with Crippen LogP contribution in [0.2, 0.25) is 0 Å². The summed E-state index contributed by atoms with van der Waals surface area (Å²) in [6.07, 6.45) is 2.71. The third kappa shape index (κ3) is 5.19. The molecule has 1 rings (SSSR count). The molecular formula is C14H21NO3. The van der Waals surface area contributed by atoms with E-state index in [4.69, 9.17) is 9.84 Å². The van der Waals surface area contributed by atoms with Gasteiger partial charge in [-0.3, -0.25) is 4.79 Å². The van der Waals surface area contributed by atoms with Crippen molar-refractivity contribution in [3.8, 4) is 5.75 Å². The summed E-state index contributed by atoms with van der Waals surface area (Å²) in [5.74, 6) is 0.666. The summed E-state index contributed by atoms with van der Waals surface area (Å²) in [6, 6.07) is 7.10. The van der Waals surface area contributed by atoms with E-state index in [0.29, 0.717) is 25.1 Å². The lowest BCUT2D eigenvalue weighted by Gasteiger charge is -2.07. The van der Waals surface area contributed by atoms with Crippen molar-refractivity contribution >= 4 is 5.91 Å². The predicted molar refractivity (Wildman–Crippen MR) is 70.9 cm³/mol. The van der Waals surface area contributed by atoms with Crippen LogP contribution in [-0.4, -0.2) is 30.8 Å². The molecule has 0 heterocycles. The largest absolute Gasteiger partial charge is 0.494 e. The molecule has 0 saturated carbocycles. The Hall–Kier alpha value is -1.55. The molecule has 0 fully saturated rings. The lowest BCUT2D eigenvalue weighted by Crippen LogP contribution is -2.24. The normalized spacial score (nSPS) is 10.1. The van der Waals surface area contributed by atoms with E-state index in [1.807, 2.05) is 0 Å². The highest BCUT2D eigenvalue weighted by atomic mass is 16.5. The molecule has 0 aliphatic carbocycles. The maximum atomic E-state index is 11.7. The molecule has 1 aromatic rings. The fourth-order valence-corrected chi connectivity index (χ4v) is 1.42. The second-order valence-corrected chi connectivity index (χ2v) is 4.06. The molecule has 18 heavy (non-hydrogen) atoms. The zero-order valence-electron chi connectivity index (χ0n) is 10.8. The van der Waals surface area contributed by atoms with E-state index in [2.05, 4.69) is 12.2 Å². The van der Waals surface area contributed by atoms with Gasteiger partial charge in [-0.1, -0.05) is 13.3 Å². The van der Waals surface area contributed by atoms with Crippen LogP contribution in [-0.2, 0) is 0 Å². The Bertz CT molecular complexity index is 349. The first kappa shape index (κ1) is 14.5. The van der Waals surface area contributed by atoms with Gasteiger partial charge in [-0.2, -0.15) is 0 Å². The van der Waals surface area contributed by atoms with Crippen molar-refractivity contribution < 1.29 is 14.6 Å². The summed E-state index contributed by atoms with van der Waals surface area (Å²) in [6.45, 7) is 3.40. The Kier molecular flexibility index (Phi) is 6.87. The van der Waals surface area contributed by atoms with Crippen LogP contribution in [0.4, 0.5) is 0 Å². The Balaban J connectivity index is 2.41. The number of aliphatic hydroxyl groups excluding tert-OH is 1. The van der Waals surface area contributed by atoms with E-state index in [1.165, 1.54) is 0 Å². The minimum atomic E-state index is -0.122. The van der Waals surface area contributed by atoms with Crippen molar-refractivity contribution in [2.24, 2.45) is 0 Å². The van der Waals surface area contributed by atoms with Crippen LogP contribution in [0.1, 0.15) is 36.5 Å². The summed E-state index contributed by atoms with van der Waals surface area (Å²) in [5, 5.41) is 11.4. The van der Waals surface area contributed by atoms with E-state index >= 15 is 0 Å². The van der Waals surface area contributed by atoms with Gasteiger partial charge in [-0.25, -0.2) is 0 Å². The van der Waals surface area contributed by atoms with Crippen molar-refractivity contribution in [1.82, 2.24) is 5.32 Å². The van der Waals surface area contributed by atoms with Gasteiger partial charge in [0.25, 0.3) is 5.91 Å². The van der Waals surface area contributed by atoms with Crippen LogP contribution in [0.15, 0.2) is 24.3 Å². The number of hydrogen-bond donors (Lipinski definition) is 2. The first-order valence-electron chi connectivity index (χ1n) is 6.40. The fraction of sp³-hybridized carbons (Fsp3) is 0.500. The second kappa shape index (κ2) is 8.53. The van der Waals surface area contributed by atoms with E-state index in [0.717, 1.165) is 18.6 Å².